The number of hydrogen-bond donors (Lipinski definition) is 1. The van der Waals surface area contributed by atoms with E-state index in [9.17, 15) is 4.79 Å². The lowest BCUT2D eigenvalue weighted by molar-refractivity contribution is -0.133. The molecule has 1 aliphatic heterocycles. The van der Waals surface area contributed by atoms with Crippen LogP contribution in [0, 0.1) is 0 Å². The maximum Gasteiger partial charge on any atom is 0.239 e. The van der Waals surface area contributed by atoms with Crippen molar-refractivity contribution in [1.29, 1.82) is 0 Å². The predicted octanol–water partition coefficient (Wildman–Crippen LogP) is 1.85. The molecule has 0 aliphatic carbocycles. The lowest BCUT2D eigenvalue weighted by atomic mass is 10.0. The number of likely N-dealkylation sites (N-methyl/N-ethyl adjacent to an activating group) is 1. The van der Waals surface area contributed by atoms with Gasteiger partial charge in [-0.25, -0.2) is 0 Å². The van der Waals surface area contributed by atoms with Crippen molar-refractivity contribution in [3.8, 4) is 0 Å². The highest BCUT2D eigenvalue weighted by Crippen LogP contribution is 2.14. The Morgan fingerprint density at radius 2 is 2.50 bits per heavy atom. The molecule has 1 aliphatic rings. The van der Waals surface area contributed by atoms with Gasteiger partial charge in [0.15, 0.2) is 0 Å². The van der Waals surface area contributed by atoms with Gasteiger partial charge in [0, 0.05) is 11.9 Å². The fourth-order valence-corrected chi connectivity index (χ4v) is 2.80. The van der Waals surface area contributed by atoms with E-state index in [4.69, 9.17) is 0 Å². The number of piperidine rings is 1. The third-order valence-corrected chi connectivity index (χ3v) is 3.82. The number of carbonyl (C=O) groups is 1. The smallest absolute Gasteiger partial charge is 0.239 e. The number of hydrogen-bond acceptors (Lipinski definition) is 3. The molecule has 4 heteroatoms. The second-order valence-corrected chi connectivity index (χ2v) is 5.31. The van der Waals surface area contributed by atoms with Crippen LogP contribution in [0.2, 0.25) is 0 Å². The predicted molar refractivity (Wildman–Crippen MR) is 66.4 cm³/mol. The van der Waals surface area contributed by atoms with E-state index in [0.717, 1.165) is 25.9 Å². The monoisotopic (exact) mass is 238 g/mol. The average molecular weight is 238 g/mol. The average Bonchev–Trinajstić information content (AvgIpc) is 2.82. The molecule has 0 saturated carbocycles. The van der Waals surface area contributed by atoms with Crippen LogP contribution in [0.1, 0.15) is 24.1 Å². The normalized spacial score (nSPS) is 20.7. The molecule has 1 saturated heterocycles. The number of rotatable bonds is 3. The molecule has 0 aromatic carbocycles. The first-order valence-corrected chi connectivity index (χ1v) is 6.66. The summed E-state index contributed by atoms with van der Waals surface area (Å²) in [6.07, 6.45) is 3.34. The van der Waals surface area contributed by atoms with E-state index in [-0.39, 0.29) is 11.9 Å². The molecule has 0 radical (unpaired) electrons. The number of nitrogens with one attached hydrogen (secondary N) is 1. The zero-order valence-corrected chi connectivity index (χ0v) is 10.4. The number of nitrogens with zero attached hydrogens (tertiary/aromatic N) is 1. The van der Waals surface area contributed by atoms with Gasteiger partial charge in [0.05, 0.1) is 12.6 Å². The fourth-order valence-electron chi connectivity index (χ4n) is 2.04. The van der Waals surface area contributed by atoms with Crippen molar-refractivity contribution in [1.82, 2.24) is 10.2 Å². The second-order valence-electron chi connectivity index (χ2n) is 4.28. The summed E-state index contributed by atoms with van der Waals surface area (Å²) in [5, 5.41) is 5.34. The maximum absolute atomic E-state index is 12.1. The van der Waals surface area contributed by atoms with Gasteiger partial charge in [0.1, 0.15) is 0 Å². The summed E-state index contributed by atoms with van der Waals surface area (Å²) in [5.41, 5.74) is 0. The van der Waals surface area contributed by atoms with Gasteiger partial charge in [-0.3, -0.25) is 4.79 Å². The molecular weight excluding hydrogens is 220 g/mol. The molecule has 1 N–H and O–H groups in total. The molecule has 1 aromatic rings. The Morgan fingerprint density at radius 3 is 3.12 bits per heavy atom. The summed E-state index contributed by atoms with van der Waals surface area (Å²) in [7, 11) is 1.89. The minimum Gasteiger partial charge on any atom is -0.339 e. The summed E-state index contributed by atoms with van der Waals surface area (Å²) in [5.74, 6) is 0.230. The molecule has 3 nitrogen and oxygen atoms in total. The molecule has 1 fully saturated rings. The fraction of sp³-hybridized carbons (Fsp3) is 0.583. The van der Waals surface area contributed by atoms with Gasteiger partial charge in [-0.15, -0.1) is 11.3 Å². The molecule has 88 valence electrons. The van der Waals surface area contributed by atoms with Gasteiger partial charge in [0.2, 0.25) is 5.91 Å². The highest BCUT2D eigenvalue weighted by Gasteiger charge is 2.23. The van der Waals surface area contributed by atoms with Crippen LogP contribution in [0.3, 0.4) is 0 Å². The van der Waals surface area contributed by atoms with Gasteiger partial charge in [0.25, 0.3) is 0 Å². The zero-order valence-electron chi connectivity index (χ0n) is 9.61. The Hall–Kier alpha value is -0.870. The van der Waals surface area contributed by atoms with E-state index in [2.05, 4.69) is 11.4 Å². The highest BCUT2D eigenvalue weighted by atomic mass is 32.1. The van der Waals surface area contributed by atoms with E-state index in [1.807, 2.05) is 23.4 Å². The van der Waals surface area contributed by atoms with Crippen LogP contribution in [-0.4, -0.2) is 30.4 Å². The molecule has 2 heterocycles. The van der Waals surface area contributed by atoms with E-state index in [0.29, 0.717) is 0 Å². The number of carbonyl (C=O) groups excluding carboxylic acids is 1. The minimum absolute atomic E-state index is 0.0405. The molecule has 16 heavy (non-hydrogen) atoms. The SMILES string of the molecule is CN(Cc1cccs1)C(=O)C1CCCCN1. The van der Waals surface area contributed by atoms with Crippen molar-refractivity contribution in [3.63, 3.8) is 0 Å². The summed E-state index contributed by atoms with van der Waals surface area (Å²) in [6.45, 7) is 1.71. The van der Waals surface area contributed by atoms with Gasteiger partial charge in [-0.1, -0.05) is 12.5 Å². The summed E-state index contributed by atoms with van der Waals surface area (Å²) < 4.78 is 0. The van der Waals surface area contributed by atoms with Crippen LogP contribution in [-0.2, 0) is 11.3 Å². The lowest BCUT2D eigenvalue weighted by Gasteiger charge is -2.27. The van der Waals surface area contributed by atoms with Crippen LogP contribution in [0.5, 0.6) is 0 Å². The first-order valence-electron chi connectivity index (χ1n) is 5.78. The molecule has 1 atom stereocenters. The molecule has 1 unspecified atom stereocenters. The third kappa shape index (κ3) is 2.83. The van der Waals surface area contributed by atoms with E-state index >= 15 is 0 Å². The molecular formula is C12H18N2OS. The molecule has 2 rings (SSSR count). The maximum atomic E-state index is 12.1. The van der Waals surface area contributed by atoms with Gasteiger partial charge < -0.3 is 10.2 Å². The van der Waals surface area contributed by atoms with Gasteiger partial charge in [-0.05, 0) is 30.8 Å². The quantitative estimate of drug-likeness (QED) is 0.871. The van der Waals surface area contributed by atoms with Crippen LogP contribution in [0.4, 0.5) is 0 Å². The molecule has 1 amide bonds. The first kappa shape index (κ1) is 11.6. The van der Waals surface area contributed by atoms with E-state index in [1.165, 1.54) is 11.3 Å². The Kier molecular flexibility index (Phi) is 3.96. The first-order chi connectivity index (χ1) is 7.77. The van der Waals surface area contributed by atoms with Crippen molar-refractivity contribution in [2.45, 2.75) is 31.8 Å². The summed E-state index contributed by atoms with van der Waals surface area (Å²) >= 11 is 1.70. The van der Waals surface area contributed by atoms with Crippen molar-refractivity contribution < 1.29 is 4.79 Å². The molecule has 0 spiro atoms. The van der Waals surface area contributed by atoms with Crippen molar-refractivity contribution >= 4 is 17.2 Å². The van der Waals surface area contributed by atoms with Gasteiger partial charge in [-0.2, -0.15) is 0 Å². The Labute approximate surface area is 100 Å². The number of thiophene rings is 1. The van der Waals surface area contributed by atoms with Crippen LogP contribution >= 0.6 is 11.3 Å². The largest absolute Gasteiger partial charge is 0.339 e. The number of amides is 1. The van der Waals surface area contributed by atoms with E-state index < -0.39 is 0 Å². The van der Waals surface area contributed by atoms with Crippen LogP contribution < -0.4 is 5.32 Å². The van der Waals surface area contributed by atoms with Gasteiger partial charge >= 0.3 is 0 Å². The van der Waals surface area contributed by atoms with Crippen molar-refractivity contribution in [2.75, 3.05) is 13.6 Å². The second kappa shape index (κ2) is 5.46. The molecule has 0 bridgehead atoms. The minimum atomic E-state index is 0.0405. The van der Waals surface area contributed by atoms with Crippen LogP contribution in [0.25, 0.3) is 0 Å². The van der Waals surface area contributed by atoms with E-state index in [1.54, 1.807) is 11.3 Å². The third-order valence-electron chi connectivity index (χ3n) is 2.96. The molecule has 1 aromatic heterocycles. The lowest BCUT2D eigenvalue weighted by Crippen LogP contribution is -2.46. The standard InChI is InChI=1S/C12H18N2OS/c1-14(9-10-5-4-8-16-10)12(15)11-6-2-3-7-13-11/h4-5,8,11,13H,2-3,6-7,9H2,1H3. The summed E-state index contributed by atoms with van der Waals surface area (Å²) in [6, 6.07) is 4.14. The Morgan fingerprint density at radius 1 is 1.62 bits per heavy atom. The highest BCUT2D eigenvalue weighted by molar-refractivity contribution is 7.09. The Bertz CT molecular complexity index is 331. The van der Waals surface area contributed by atoms with Crippen molar-refractivity contribution in [3.05, 3.63) is 22.4 Å². The van der Waals surface area contributed by atoms with Crippen LogP contribution in [0.15, 0.2) is 17.5 Å². The topological polar surface area (TPSA) is 32.3 Å². The zero-order chi connectivity index (χ0) is 11.4. The summed E-state index contributed by atoms with van der Waals surface area (Å²) in [4.78, 5) is 15.2. The van der Waals surface area contributed by atoms with Crippen molar-refractivity contribution in [2.24, 2.45) is 0 Å². The Balaban J connectivity index is 1.88.